The smallest absolute Gasteiger partial charge is 0.295 e. The summed E-state index contributed by atoms with van der Waals surface area (Å²) in [5, 5.41) is 11.2. The highest BCUT2D eigenvalue weighted by Crippen LogP contribution is 2.46. The average Bonchev–Trinajstić information content (AvgIpc) is 3.13. The van der Waals surface area contributed by atoms with Crippen molar-refractivity contribution in [2.24, 2.45) is 0 Å². The van der Waals surface area contributed by atoms with Gasteiger partial charge in [0.05, 0.1) is 32.9 Å². The van der Waals surface area contributed by atoms with Crippen LogP contribution in [0.4, 0.5) is 0 Å². The molecule has 8 heteroatoms. The monoisotopic (exact) mass is 474 g/mol. The molecule has 1 aliphatic rings. The predicted molar refractivity (Wildman–Crippen MR) is 129 cm³/mol. The number of aromatic nitrogens is 1. The number of nitrogens with zero attached hydrogens (tertiary/aromatic N) is 2. The number of aliphatic hydroxyl groups is 1. The van der Waals surface area contributed by atoms with Crippen LogP contribution in [0.2, 0.25) is 0 Å². The second-order valence-corrected chi connectivity index (χ2v) is 8.11. The molecule has 1 saturated heterocycles. The van der Waals surface area contributed by atoms with Crippen LogP contribution < -0.4 is 14.2 Å². The van der Waals surface area contributed by atoms with Gasteiger partial charge in [0, 0.05) is 24.5 Å². The maximum atomic E-state index is 13.3. The number of ether oxygens (including phenoxy) is 3. The largest absolute Gasteiger partial charge is 0.507 e. The van der Waals surface area contributed by atoms with Crippen molar-refractivity contribution in [3.05, 3.63) is 88.8 Å². The Morgan fingerprint density at radius 1 is 1.00 bits per heavy atom. The van der Waals surface area contributed by atoms with Gasteiger partial charge in [0.1, 0.15) is 5.76 Å². The van der Waals surface area contributed by atoms with Gasteiger partial charge >= 0.3 is 0 Å². The molecule has 35 heavy (non-hydrogen) atoms. The molecule has 1 amide bonds. The first-order valence-electron chi connectivity index (χ1n) is 10.9. The molecular formula is C27H26N2O6. The van der Waals surface area contributed by atoms with Crippen LogP contribution in [0.1, 0.15) is 28.3 Å². The second-order valence-electron chi connectivity index (χ2n) is 8.11. The number of methoxy groups -OCH3 is 3. The number of rotatable bonds is 7. The number of Topliss-reactive ketones (excluding diaryl/α,β-unsaturated/α-hetero) is 1. The molecule has 0 saturated carbocycles. The summed E-state index contributed by atoms with van der Waals surface area (Å²) in [7, 11) is 4.46. The van der Waals surface area contributed by atoms with E-state index in [9.17, 15) is 14.7 Å². The molecule has 0 spiro atoms. The number of carbonyl (C=O) groups excluding carboxylic acids is 2. The summed E-state index contributed by atoms with van der Waals surface area (Å²) in [5.41, 5.74) is 2.68. The van der Waals surface area contributed by atoms with Crippen LogP contribution in [0.5, 0.6) is 17.2 Å². The van der Waals surface area contributed by atoms with E-state index in [0.717, 1.165) is 11.1 Å². The lowest BCUT2D eigenvalue weighted by Crippen LogP contribution is -2.29. The molecule has 0 bridgehead atoms. The van der Waals surface area contributed by atoms with Gasteiger partial charge in [-0.1, -0.05) is 35.9 Å². The van der Waals surface area contributed by atoms with E-state index >= 15 is 0 Å². The fourth-order valence-corrected chi connectivity index (χ4v) is 4.20. The standard InChI is InChI=1S/C27H26N2O6/c1-16-7-9-18(10-8-16)24(30)22-23(19-12-20(33-2)26(35-4)21(13-19)34-3)29(27(32)25(22)31)15-17-6-5-11-28-14-17/h5-14,23,30H,15H2,1-4H3/b24-22+. The maximum Gasteiger partial charge on any atom is 0.295 e. The molecule has 8 nitrogen and oxygen atoms in total. The van der Waals surface area contributed by atoms with Crippen molar-refractivity contribution < 1.29 is 28.9 Å². The number of aryl methyl sites for hydroxylation is 1. The fraction of sp³-hybridized carbons (Fsp3) is 0.222. The van der Waals surface area contributed by atoms with Crippen LogP contribution in [0.3, 0.4) is 0 Å². The van der Waals surface area contributed by atoms with Crippen LogP contribution in [-0.2, 0) is 16.1 Å². The van der Waals surface area contributed by atoms with Gasteiger partial charge in [-0.3, -0.25) is 14.6 Å². The first kappa shape index (κ1) is 23.8. The summed E-state index contributed by atoms with van der Waals surface area (Å²) in [6, 6.07) is 13.1. The average molecular weight is 475 g/mol. The molecule has 180 valence electrons. The molecule has 1 aromatic heterocycles. The number of ketones is 1. The Balaban J connectivity index is 1.94. The number of aliphatic hydroxyl groups excluding tert-OH is 1. The molecule has 0 aliphatic carbocycles. The van der Waals surface area contributed by atoms with Crippen molar-refractivity contribution in [2.45, 2.75) is 19.5 Å². The van der Waals surface area contributed by atoms with Crippen molar-refractivity contribution in [1.82, 2.24) is 9.88 Å². The van der Waals surface area contributed by atoms with Crippen LogP contribution in [0, 0.1) is 6.92 Å². The van der Waals surface area contributed by atoms with Crippen molar-refractivity contribution in [3.8, 4) is 17.2 Å². The van der Waals surface area contributed by atoms with Gasteiger partial charge in [0.2, 0.25) is 5.75 Å². The Morgan fingerprint density at radius 3 is 2.20 bits per heavy atom. The zero-order chi connectivity index (χ0) is 25.1. The molecule has 4 rings (SSSR count). The summed E-state index contributed by atoms with van der Waals surface area (Å²) < 4.78 is 16.4. The molecule has 3 aromatic rings. The quantitative estimate of drug-likeness (QED) is 0.314. The molecule has 0 radical (unpaired) electrons. The number of likely N-dealkylation sites (tertiary alicyclic amines) is 1. The van der Waals surface area contributed by atoms with Crippen LogP contribution in [0.15, 0.2) is 66.5 Å². The summed E-state index contributed by atoms with van der Waals surface area (Å²) in [6.45, 7) is 2.04. The number of pyridine rings is 1. The van der Waals surface area contributed by atoms with Crippen LogP contribution in [-0.4, -0.2) is 48.0 Å². The lowest BCUT2D eigenvalue weighted by Gasteiger charge is -2.26. The third-order valence-electron chi connectivity index (χ3n) is 5.94. The van der Waals surface area contributed by atoms with E-state index in [1.54, 1.807) is 42.7 Å². The van der Waals surface area contributed by atoms with Gasteiger partial charge < -0.3 is 24.2 Å². The number of amides is 1. The zero-order valence-electron chi connectivity index (χ0n) is 19.9. The van der Waals surface area contributed by atoms with E-state index in [4.69, 9.17) is 14.2 Å². The van der Waals surface area contributed by atoms with E-state index in [1.807, 2.05) is 25.1 Å². The minimum atomic E-state index is -0.898. The van der Waals surface area contributed by atoms with Crippen molar-refractivity contribution >= 4 is 17.4 Å². The summed E-state index contributed by atoms with van der Waals surface area (Å²) in [5.74, 6) is -0.641. The maximum absolute atomic E-state index is 13.3. The fourth-order valence-electron chi connectivity index (χ4n) is 4.20. The first-order chi connectivity index (χ1) is 16.9. The van der Waals surface area contributed by atoms with Crippen molar-refractivity contribution in [2.75, 3.05) is 21.3 Å². The summed E-state index contributed by atoms with van der Waals surface area (Å²) in [6.07, 6.45) is 3.26. The Bertz CT molecular complexity index is 1260. The minimum absolute atomic E-state index is 0.0167. The van der Waals surface area contributed by atoms with E-state index in [2.05, 4.69) is 4.98 Å². The van der Waals surface area contributed by atoms with Gasteiger partial charge in [-0.2, -0.15) is 0 Å². The zero-order valence-corrected chi connectivity index (χ0v) is 19.9. The number of hydrogen-bond donors (Lipinski definition) is 1. The third kappa shape index (κ3) is 4.42. The molecule has 1 fully saturated rings. The van der Waals surface area contributed by atoms with E-state index in [0.29, 0.717) is 28.4 Å². The SMILES string of the molecule is COc1cc(C2/C(=C(\O)c3ccc(C)cc3)C(=O)C(=O)N2Cc2cccnc2)cc(OC)c1OC. The third-order valence-corrected chi connectivity index (χ3v) is 5.94. The lowest BCUT2D eigenvalue weighted by atomic mass is 9.94. The van der Waals surface area contributed by atoms with Crippen LogP contribution in [0.25, 0.3) is 5.76 Å². The normalized spacial score (nSPS) is 16.9. The Morgan fingerprint density at radius 2 is 1.66 bits per heavy atom. The lowest BCUT2D eigenvalue weighted by molar-refractivity contribution is -0.140. The predicted octanol–water partition coefficient (Wildman–Crippen LogP) is 4.04. The number of benzene rings is 2. The van der Waals surface area contributed by atoms with Gasteiger partial charge in [0.25, 0.3) is 11.7 Å². The highest BCUT2D eigenvalue weighted by molar-refractivity contribution is 6.46. The molecule has 2 heterocycles. The Kier molecular flexibility index (Phi) is 6.73. The number of hydrogen-bond acceptors (Lipinski definition) is 7. The molecule has 1 N–H and O–H groups in total. The summed E-state index contributed by atoms with van der Waals surface area (Å²) >= 11 is 0. The van der Waals surface area contributed by atoms with Crippen LogP contribution >= 0.6 is 0 Å². The van der Waals surface area contributed by atoms with Gasteiger partial charge in [-0.25, -0.2) is 0 Å². The Hall–Kier alpha value is -4.33. The molecular weight excluding hydrogens is 448 g/mol. The van der Waals surface area contributed by atoms with Gasteiger partial charge in [0.15, 0.2) is 11.5 Å². The first-order valence-corrected chi connectivity index (χ1v) is 10.9. The highest BCUT2D eigenvalue weighted by atomic mass is 16.5. The summed E-state index contributed by atoms with van der Waals surface area (Å²) in [4.78, 5) is 32.1. The second kappa shape index (κ2) is 9.89. The minimum Gasteiger partial charge on any atom is -0.507 e. The number of carbonyl (C=O) groups is 2. The van der Waals surface area contributed by atoms with Crippen molar-refractivity contribution in [1.29, 1.82) is 0 Å². The van der Waals surface area contributed by atoms with E-state index in [-0.39, 0.29) is 17.9 Å². The molecule has 1 unspecified atom stereocenters. The highest BCUT2D eigenvalue weighted by Gasteiger charge is 2.46. The van der Waals surface area contributed by atoms with E-state index < -0.39 is 17.7 Å². The van der Waals surface area contributed by atoms with Crippen molar-refractivity contribution in [3.63, 3.8) is 0 Å². The molecule has 1 aliphatic heterocycles. The van der Waals surface area contributed by atoms with Gasteiger partial charge in [-0.05, 0) is 36.2 Å². The Labute approximate surface area is 203 Å². The molecule has 2 aromatic carbocycles. The van der Waals surface area contributed by atoms with E-state index in [1.165, 1.54) is 26.2 Å². The topological polar surface area (TPSA) is 98.2 Å². The molecule has 1 atom stereocenters. The van der Waals surface area contributed by atoms with Gasteiger partial charge in [-0.15, -0.1) is 0 Å².